The van der Waals surface area contributed by atoms with Crippen molar-refractivity contribution >= 4 is 5.69 Å². The molecule has 3 atom stereocenters. The molecule has 1 saturated heterocycles. The van der Waals surface area contributed by atoms with Gasteiger partial charge in [-0.25, -0.2) is 0 Å². The summed E-state index contributed by atoms with van der Waals surface area (Å²) in [5.74, 6) is 1.01. The Morgan fingerprint density at radius 3 is 2.95 bits per heavy atom. The van der Waals surface area contributed by atoms with E-state index in [2.05, 4.69) is 4.90 Å². The minimum Gasteiger partial charge on any atom is -0.393 e. The molecule has 1 aliphatic carbocycles. The van der Waals surface area contributed by atoms with E-state index in [9.17, 15) is 15.2 Å². The van der Waals surface area contributed by atoms with Crippen molar-refractivity contribution in [3.8, 4) is 0 Å². The van der Waals surface area contributed by atoms with Crippen molar-refractivity contribution in [1.29, 1.82) is 0 Å². The number of likely N-dealkylation sites (tertiary alicyclic amines) is 1. The van der Waals surface area contributed by atoms with E-state index in [0.29, 0.717) is 11.8 Å². The number of aliphatic hydroxyl groups excluding tert-OH is 1. The van der Waals surface area contributed by atoms with Crippen molar-refractivity contribution in [2.45, 2.75) is 25.5 Å². The first-order valence-electron chi connectivity index (χ1n) is 6.77. The van der Waals surface area contributed by atoms with Crippen LogP contribution in [-0.2, 0) is 6.54 Å². The van der Waals surface area contributed by atoms with Gasteiger partial charge in [0.15, 0.2) is 0 Å². The summed E-state index contributed by atoms with van der Waals surface area (Å²) in [5, 5.41) is 20.6. The first kappa shape index (κ1) is 12.6. The molecule has 3 unspecified atom stereocenters. The molecule has 2 fully saturated rings. The second-order valence-electron chi connectivity index (χ2n) is 5.69. The van der Waals surface area contributed by atoms with Gasteiger partial charge >= 0.3 is 0 Å². The normalized spacial score (nSPS) is 30.5. The molecule has 0 radical (unpaired) electrons. The zero-order valence-corrected chi connectivity index (χ0v) is 10.7. The third-order valence-corrected chi connectivity index (χ3v) is 4.42. The van der Waals surface area contributed by atoms with Gasteiger partial charge in [0, 0.05) is 37.7 Å². The number of nitrogens with zero attached hydrogens (tertiary/aromatic N) is 2. The summed E-state index contributed by atoms with van der Waals surface area (Å²) < 4.78 is 0. The molecule has 2 aliphatic rings. The Morgan fingerprint density at radius 1 is 1.37 bits per heavy atom. The number of benzene rings is 1. The fourth-order valence-corrected chi connectivity index (χ4v) is 3.48. The largest absolute Gasteiger partial charge is 0.393 e. The third kappa shape index (κ3) is 2.48. The van der Waals surface area contributed by atoms with Crippen molar-refractivity contribution in [2.75, 3.05) is 13.1 Å². The standard InChI is InChI=1S/C14H18N2O3/c17-14-5-4-11-8-15(9-13(11)14)7-10-2-1-3-12(6-10)16(18)19/h1-3,6,11,13-14,17H,4-5,7-9H2. The lowest BCUT2D eigenvalue weighted by Gasteiger charge is -2.17. The number of hydrogen-bond acceptors (Lipinski definition) is 4. The SMILES string of the molecule is O=[N+]([O-])c1cccc(CN2CC3CCC(O)C3C2)c1. The lowest BCUT2D eigenvalue weighted by Crippen LogP contribution is -2.24. The Balaban J connectivity index is 1.66. The average Bonchev–Trinajstić information content (AvgIpc) is 2.92. The molecule has 1 N–H and O–H groups in total. The summed E-state index contributed by atoms with van der Waals surface area (Å²) in [6.45, 7) is 2.65. The van der Waals surface area contributed by atoms with Crippen LogP contribution >= 0.6 is 0 Å². The Kier molecular flexibility index (Phi) is 3.24. The molecule has 5 heteroatoms. The molecule has 102 valence electrons. The number of fused-ring (bicyclic) bond motifs is 1. The van der Waals surface area contributed by atoms with Crippen LogP contribution in [-0.4, -0.2) is 34.1 Å². The minimum atomic E-state index is -0.355. The molecule has 1 heterocycles. The number of non-ortho nitro benzene ring substituents is 1. The van der Waals surface area contributed by atoms with Gasteiger partial charge in [0.05, 0.1) is 11.0 Å². The summed E-state index contributed by atoms with van der Waals surface area (Å²) in [5.41, 5.74) is 1.13. The molecule has 0 spiro atoms. The lowest BCUT2D eigenvalue weighted by atomic mass is 10.00. The average molecular weight is 262 g/mol. The van der Waals surface area contributed by atoms with E-state index >= 15 is 0 Å². The van der Waals surface area contributed by atoms with E-state index in [4.69, 9.17) is 0 Å². The van der Waals surface area contributed by atoms with Gasteiger partial charge < -0.3 is 5.11 Å². The van der Waals surface area contributed by atoms with E-state index in [1.807, 2.05) is 6.07 Å². The molecule has 19 heavy (non-hydrogen) atoms. The number of nitro groups is 1. The highest BCUT2D eigenvalue weighted by molar-refractivity contribution is 5.34. The van der Waals surface area contributed by atoms with E-state index < -0.39 is 0 Å². The quantitative estimate of drug-likeness (QED) is 0.666. The molecular weight excluding hydrogens is 244 g/mol. The maximum Gasteiger partial charge on any atom is 0.269 e. The number of rotatable bonds is 3. The second-order valence-corrected chi connectivity index (χ2v) is 5.69. The number of hydrogen-bond donors (Lipinski definition) is 1. The molecule has 1 aromatic rings. The van der Waals surface area contributed by atoms with Gasteiger partial charge in [-0.15, -0.1) is 0 Å². The van der Waals surface area contributed by atoms with Gasteiger partial charge in [0.1, 0.15) is 0 Å². The fourth-order valence-electron chi connectivity index (χ4n) is 3.48. The van der Waals surface area contributed by atoms with E-state index in [1.54, 1.807) is 12.1 Å². The summed E-state index contributed by atoms with van der Waals surface area (Å²) in [7, 11) is 0. The monoisotopic (exact) mass is 262 g/mol. The summed E-state index contributed by atoms with van der Waals surface area (Å²) in [4.78, 5) is 12.7. The van der Waals surface area contributed by atoms with Crippen molar-refractivity contribution in [1.82, 2.24) is 4.90 Å². The van der Waals surface area contributed by atoms with Gasteiger partial charge in [-0.1, -0.05) is 12.1 Å². The van der Waals surface area contributed by atoms with E-state index in [0.717, 1.165) is 38.0 Å². The Labute approximate surface area is 112 Å². The first-order valence-corrected chi connectivity index (χ1v) is 6.77. The fraction of sp³-hybridized carbons (Fsp3) is 0.571. The van der Waals surface area contributed by atoms with E-state index in [1.165, 1.54) is 6.07 Å². The minimum absolute atomic E-state index is 0.150. The maximum atomic E-state index is 10.8. The Morgan fingerprint density at radius 2 is 2.21 bits per heavy atom. The van der Waals surface area contributed by atoms with Crippen molar-refractivity contribution < 1.29 is 10.0 Å². The molecule has 1 aliphatic heterocycles. The Bertz CT molecular complexity index is 491. The summed E-state index contributed by atoms with van der Waals surface area (Å²) in [6, 6.07) is 6.83. The molecule has 0 bridgehead atoms. The van der Waals surface area contributed by atoms with Crippen LogP contribution in [0.25, 0.3) is 0 Å². The molecule has 5 nitrogen and oxygen atoms in total. The van der Waals surface area contributed by atoms with Crippen molar-refractivity contribution in [3.05, 3.63) is 39.9 Å². The zero-order valence-electron chi connectivity index (χ0n) is 10.7. The second kappa shape index (κ2) is 4.90. The van der Waals surface area contributed by atoms with Crippen LogP contribution in [0.2, 0.25) is 0 Å². The van der Waals surface area contributed by atoms with Crippen LogP contribution in [0, 0.1) is 22.0 Å². The highest BCUT2D eigenvalue weighted by Crippen LogP contribution is 2.38. The molecule has 1 saturated carbocycles. The van der Waals surface area contributed by atoms with Crippen LogP contribution in [0.1, 0.15) is 18.4 Å². The predicted octanol–water partition coefficient (Wildman–Crippen LogP) is 1.80. The van der Waals surface area contributed by atoms with Crippen molar-refractivity contribution in [3.63, 3.8) is 0 Å². The number of nitro benzene ring substituents is 1. The van der Waals surface area contributed by atoms with Gasteiger partial charge in [0.2, 0.25) is 0 Å². The highest BCUT2D eigenvalue weighted by atomic mass is 16.6. The van der Waals surface area contributed by atoms with Gasteiger partial charge in [-0.3, -0.25) is 15.0 Å². The van der Waals surface area contributed by atoms with Gasteiger partial charge in [0.25, 0.3) is 5.69 Å². The molecule has 3 rings (SSSR count). The third-order valence-electron chi connectivity index (χ3n) is 4.42. The van der Waals surface area contributed by atoms with Crippen LogP contribution in [0.15, 0.2) is 24.3 Å². The number of aliphatic hydroxyl groups is 1. The van der Waals surface area contributed by atoms with Crippen molar-refractivity contribution in [2.24, 2.45) is 11.8 Å². The van der Waals surface area contributed by atoms with Crippen LogP contribution < -0.4 is 0 Å². The molecule has 0 amide bonds. The smallest absolute Gasteiger partial charge is 0.269 e. The topological polar surface area (TPSA) is 66.6 Å². The zero-order chi connectivity index (χ0) is 13.4. The summed E-state index contributed by atoms with van der Waals surface area (Å²) in [6.07, 6.45) is 1.89. The molecule has 0 aromatic heterocycles. The highest BCUT2D eigenvalue weighted by Gasteiger charge is 2.41. The van der Waals surface area contributed by atoms with Crippen LogP contribution in [0.5, 0.6) is 0 Å². The molecule has 1 aromatic carbocycles. The molecular formula is C14H18N2O3. The van der Waals surface area contributed by atoms with Crippen LogP contribution in [0.3, 0.4) is 0 Å². The maximum absolute atomic E-state index is 10.8. The Hall–Kier alpha value is -1.46. The van der Waals surface area contributed by atoms with E-state index in [-0.39, 0.29) is 16.7 Å². The first-order chi connectivity index (χ1) is 9.13. The van der Waals surface area contributed by atoms with Crippen LogP contribution in [0.4, 0.5) is 5.69 Å². The van der Waals surface area contributed by atoms with Gasteiger partial charge in [-0.2, -0.15) is 0 Å². The lowest BCUT2D eigenvalue weighted by molar-refractivity contribution is -0.384. The summed E-state index contributed by atoms with van der Waals surface area (Å²) >= 11 is 0. The predicted molar refractivity (Wildman–Crippen MR) is 70.6 cm³/mol. The van der Waals surface area contributed by atoms with Gasteiger partial charge in [-0.05, 0) is 24.3 Å².